The Morgan fingerprint density at radius 2 is 2.07 bits per heavy atom. The molecule has 0 heterocycles. The number of hydrogen-bond donors (Lipinski definition) is 0. The van der Waals surface area contributed by atoms with Crippen LogP contribution in [0.25, 0.3) is 0 Å². The van der Waals surface area contributed by atoms with Gasteiger partial charge >= 0.3 is 0 Å². The lowest BCUT2D eigenvalue weighted by Crippen LogP contribution is -2.02. The molecule has 2 heteroatoms. The summed E-state index contributed by atoms with van der Waals surface area (Å²) in [5, 5.41) is 0. The minimum atomic E-state index is 0.235. The van der Waals surface area contributed by atoms with Crippen LogP contribution in [0, 0.1) is 12.8 Å². The van der Waals surface area contributed by atoms with Gasteiger partial charge in [-0.25, -0.2) is 0 Å². The van der Waals surface area contributed by atoms with E-state index in [2.05, 4.69) is 29.8 Å². The van der Waals surface area contributed by atoms with Gasteiger partial charge in [0.15, 0.2) is 5.78 Å². The highest BCUT2D eigenvalue weighted by molar-refractivity contribution is 9.10. The normalized spacial score (nSPS) is 10.7. The largest absolute Gasteiger partial charge is 0.294 e. The molecule has 0 saturated heterocycles. The summed E-state index contributed by atoms with van der Waals surface area (Å²) in [6.45, 7) is 6.28. The lowest BCUT2D eigenvalue weighted by Gasteiger charge is -2.06. The fraction of sp³-hybridized carbons (Fsp3) is 0.462. The minimum Gasteiger partial charge on any atom is -0.294 e. The smallest absolute Gasteiger partial charge is 0.164 e. The van der Waals surface area contributed by atoms with Crippen molar-refractivity contribution in [2.45, 2.75) is 33.6 Å². The summed E-state index contributed by atoms with van der Waals surface area (Å²) in [4.78, 5) is 11.9. The molecule has 0 atom stereocenters. The molecule has 0 aliphatic heterocycles. The first kappa shape index (κ1) is 12.4. The van der Waals surface area contributed by atoms with E-state index in [9.17, 15) is 4.79 Å². The standard InChI is InChI=1S/C13H17BrO/c1-9(2)4-7-13(15)11-8-10(3)5-6-12(11)14/h5-6,8-9H,4,7H2,1-3H3. The predicted octanol–water partition coefficient (Wildman–Crippen LogP) is 4.38. The molecule has 1 rings (SSSR count). The number of ketones is 1. The van der Waals surface area contributed by atoms with Gasteiger partial charge in [-0.2, -0.15) is 0 Å². The third kappa shape index (κ3) is 3.78. The van der Waals surface area contributed by atoms with Crippen LogP contribution in [0.4, 0.5) is 0 Å². The second-order valence-electron chi connectivity index (χ2n) is 4.34. The fourth-order valence-corrected chi connectivity index (χ4v) is 1.87. The summed E-state index contributed by atoms with van der Waals surface area (Å²) in [5.41, 5.74) is 1.95. The Bertz CT molecular complexity index is 356. The third-order valence-electron chi connectivity index (χ3n) is 2.37. The van der Waals surface area contributed by atoms with Crippen molar-refractivity contribution in [2.75, 3.05) is 0 Å². The molecule has 0 fully saturated rings. The van der Waals surface area contributed by atoms with Crippen LogP contribution >= 0.6 is 15.9 Å². The molecule has 0 amide bonds. The monoisotopic (exact) mass is 268 g/mol. The summed E-state index contributed by atoms with van der Waals surface area (Å²) in [5.74, 6) is 0.816. The SMILES string of the molecule is Cc1ccc(Br)c(C(=O)CCC(C)C)c1. The summed E-state index contributed by atoms with van der Waals surface area (Å²) in [6.07, 6.45) is 1.60. The molecule has 0 spiro atoms. The van der Waals surface area contributed by atoms with Gasteiger partial charge in [0.1, 0.15) is 0 Å². The Kier molecular flexibility index (Phi) is 4.52. The molecule has 82 valence electrons. The van der Waals surface area contributed by atoms with E-state index in [1.54, 1.807) is 0 Å². The molecule has 0 bridgehead atoms. The maximum Gasteiger partial charge on any atom is 0.164 e. The van der Waals surface area contributed by atoms with E-state index in [1.165, 1.54) is 0 Å². The van der Waals surface area contributed by atoms with Crippen molar-refractivity contribution in [1.82, 2.24) is 0 Å². The average Bonchev–Trinajstić information content (AvgIpc) is 2.18. The van der Waals surface area contributed by atoms with Gasteiger partial charge in [0.2, 0.25) is 0 Å². The van der Waals surface area contributed by atoms with Crippen molar-refractivity contribution in [3.05, 3.63) is 33.8 Å². The lowest BCUT2D eigenvalue weighted by molar-refractivity contribution is 0.0974. The quantitative estimate of drug-likeness (QED) is 0.741. The molecule has 15 heavy (non-hydrogen) atoms. The molecular weight excluding hydrogens is 252 g/mol. The Hall–Kier alpha value is -0.630. The van der Waals surface area contributed by atoms with E-state index in [-0.39, 0.29) is 5.78 Å². The molecule has 0 aliphatic carbocycles. The van der Waals surface area contributed by atoms with Crippen LogP contribution in [0.3, 0.4) is 0 Å². The molecule has 0 N–H and O–H groups in total. The van der Waals surface area contributed by atoms with Gasteiger partial charge in [-0.15, -0.1) is 0 Å². The van der Waals surface area contributed by atoms with E-state index in [0.717, 1.165) is 22.0 Å². The Labute approximate surface area is 100 Å². The van der Waals surface area contributed by atoms with Gasteiger partial charge in [-0.05, 0) is 31.4 Å². The van der Waals surface area contributed by atoms with Crippen molar-refractivity contribution in [1.29, 1.82) is 0 Å². The number of halogens is 1. The Morgan fingerprint density at radius 1 is 1.40 bits per heavy atom. The molecule has 1 aromatic carbocycles. The van der Waals surface area contributed by atoms with E-state index >= 15 is 0 Å². The van der Waals surface area contributed by atoms with Gasteiger partial charge < -0.3 is 0 Å². The first-order valence-corrected chi connectivity index (χ1v) is 6.09. The summed E-state index contributed by atoms with van der Waals surface area (Å²) in [6, 6.07) is 5.90. The van der Waals surface area contributed by atoms with E-state index in [0.29, 0.717) is 12.3 Å². The van der Waals surface area contributed by atoms with E-state index in [1.807, 2.05) is 25.1 Å². The number of carbonyl (C=O) groups excluding carboxylic acids is 1. The van der Waals surface area contributed by atoms with Gasteiger partial charge in [0.05, 0.1) is 0 Å². The molecule has 1 nitrogen and oxygen atoms in total. The summed E-state index contributed by atoms with van der Waals surface area (Å²) < 4.78 is 0.904. The third-order valence-corrected chi connectivity index (χ3v) is 3.06. The molecule has 0 unspecified atom stereocenters. The lowest BCUT2D eigenvalue weighted by atomic mass is 10.0. The van der Waals surface area contributed by atoms with Crippen molar-refractivity contribution >= 4 is 21.7 Å². The summed E-state index contributed by atoms with van der Waals surface area (Å²) in [7, 11) is 0. The van der Waals surface area contributed by atoms with Crippen molar-refractivity contribution in [3.63, 3.8) is 0 Å². The highest BCUT2D eigenvalue weighted by atomic mass is 79.9. The van der Waals surface area contributed by atoms with Crippen LogP contribution in [-0.4, -0.2) is 5.78 Å². The second kappa shape index (κ2) is 5.45. The maximum absolute atomic E-state index is 11.9. The van der Waals surface area contributed by atoms with Crippen molar-refractivity contribution in [3.8, 4) is 0 Å². The number of Topliss-reactive ketones (excluding diaryl/α,β-unsaturated/α-hetero) is 1. The molecule has 0 saturated carbocycles. The Morgan fingerprint density at radius 3 is 2.67 bits per heavy atom. The highest BCUT2D eigenvalue weighted by Gasteiger charge is 2.10. The van der Waals surface area contributed by atoms with Crippen LogP contribution in [0.1, 0.15) is 42.6 Å². The number of benzene rings is 1. The number of carbonyl (C=O) groups is 1. The molecule has 0 aromatic heterocycles. The maximum atomic E-state index is 11.9. The molecule has 0 aliphatic rings. The van der Waals surface area contributed by atoms with E-state index in [4.69, 9.17) is 0 Å². The van der Waals surface area contributed by atoms with Gasteiger partial charge in [0.25, 0.3) is 0 Å². The predicted molar refractivity (Wildman–Crippen MR) is 67.3 cm³/mol. The highest BCUT2D eigenvalue weighted by Crippen LogP contribution is 2.21. The first-order valence-electron chi connectivity index (χ1n) is 5.30. The van der Waals surface area contributed by atoms with Crippen molar-refractivity contribution in [2.24, 2.45) is 5.92 Å². The zero-order valence-corrected chi connectivity index (χ0v) is 11.1. The first-order chi connectivity index (χ1) is 7.00. The van der Waals surface area contributed by atoms with Crippen LogP contribution in [0.2, 0.25) is 0 Å². The van der Waals surface area contributed by atoms with Crippen LogP contribution in [-0.2, 0) is 0 Å². The van der Waals surface area contributed by atoms with Crippen LogP contribution in [0.15, 0.2) is 22.7 Å². The molecule has 0 radical (unpaired) electrons. The van der Waals surface area contributed by atoms with E-state index < -0.39 is 0 Å². The fourth-order valence-electron chi connectivity index (χ4n) is 1.41. The van der Waals surface area contributed by atoms with Crippen LogP contribution in [0.5, 0.6) is 0 Å². The zero-order chi connectivity index (χ0) is 11.4. The topological polar surface area (TPSA) is 17.1 Å². The minimum absolute atomic E-state index is 0.235. The van der Waals surface area contributed by atoms with Crippen molar-refractivity contribution < 1.29 is 4.79 Å². The molecular formula is C13H17BrO. The zero-order valence-electron chi connectivity index (χ0n) is 9.51. The molecule has 1 aromatic rings. The second-order valence-corrected chi connectivity index (χ2v) is 5.19. The van der Waals surface area contributed by atoms with Gasteiger partial charge in [-0.3, -0.25) is 4.79 Å². The van der Waals surface area contributed by atoms with Gasteiger partial charge in [-0.1, -0.05) is 41.4 Å². The number of rotatable bonds is 4. The average molecular weight is 269 g/mol. The Balaban J connectivity index is 2.77. The number of aryl methyl sites for hydroxylation is 1. The van der Waals surface area contributed by atoms with Crippen LogP contribution < -0.4 is 0 Å². The van der Waals surface area contributed by atoms with Gasteiger partial charge in [0, 0.05) is 16.5 Å². The summed E-state index contributed by atoms with van der Waals surface area (Å²) >= 11 is 3.42. The number of hydrogen-bond acceptors (Lipinski definition) is 1.